The van der Waals surface area contributed by atoms with Gasteiger partial charge in [-0.2, -0.15) is 0 Å². The minimum atomic E-state index is -0.148. The summed E-state index contributed by atoms with van der Waals surface area (Å²) in [6.07, 6.45) is 0. The normalized spacial score (nSPS) is 11.4. The number of rotatable bonds is 10. The van der Waals surface area contributed by atoms with Crippen molar-refractivity contribution >= 4 is 21.8 Å². The van der Waals surface area contributed by atoms with Crippen molar-refractivity contribution in [2.24, 2.45) is 0 Å². The standard InChI is InChI=1S/C32H31N7O3/c1-37(2)15-16-38-30-14-13-26(41-3)18-24(30)19-28(32(38)40)31-34-35-36-39(31)20-22-7-6-9-27(17-22)42-21-25-12-11-23-8-4-5-10-29(23)33-25/h4-14,17-19H,15-16,20-21H2,1-3H3. The van der Waals surface area contributed by atoms with E-state index in [1.807, 2.05) is 104 Å². The zero-order valence-electron chi connectivity index (χ0n) is 23.8. The van der Waals surface area contributed by atoms with Crippen LogP contribution < -0.4 is 15.0 Å². The number of aromatic nitrogens is 6. The van der Waals surface area contributed by atoms with E-state index in [1.54, 1.807) is 16.4 Å². The van der Waals surface area contributed by atoms with Gasteiger partial charge in [0, 0.05) is 23.9 Å². The van der Waals surface area contributed by atoms with Crippen LogP contribution in [0.5, 0.6) is 11.5 Å². The van der Waals surface area contributed by atoms with E-state index < -0.39 is 0 Å². The molecule has 0 saturated heterocycles. The second-order valence-corrected chi connectivity index (χ2v) is 10.3. The molecule has 0 fully saturated rings. The lowest BCUT2D eigenvalue weighted by Gasteiger charge is -2.16. The van der Waals surface area contributed by atoms with Crippen LogP contribution in [-0.2, 0) is 19.7 Å². The molecule has 0 aliphatic rings. The van der Waals surface area contributed by atoms with Gasteiger partial charge in [0.15, 0.2) is 5.82 Å². The molecule has 0 saturated carbocycles. The number of methoxy groups -OCH3 is 1. The average Bonchev–Trinajstić information content (AvgIpc) is 3.46. The maximum Gasteiger partial charge on any atom is 0.262 e. The summed E-state index contributed by atoms with van der Waals surface area (Å²) in [6, 6.07) is 27.3. The van der Waals surface area contributed by atoms with Gasteiger partial charge in [-0.15, -0.1) is 5.10 Å². The van der Waals surface area contributed by atoms with Gasteiger partial charge in [-0.1, -0.05) is 36.4 Å². The first kappa shape index (κ1) is 27.1. The minimum Gasteiger partial charge on any atom is -0.497 e. The van der Waals surface area contributed by atoms with Crippen molar-refractivity contribution in [3.05, 3.63) is 107 Å². The van der Waals surface area contributed by atoms with Crippen molar-refractivity contribution in [3.63, 3.8) is 0 Å². The smallest absolute Gasteiger partial charge is 0.262 e. The molecule has 3 aromatic heterocycles. The SMILES string of the molecule is COc1ccc2c(c1)cc(-c1nnnn1Cc1cccc(OCc3ccc4ccccc4n3)c1)c(=O)n2CCN(C)C. The molecule has 6 aromatic rings. The number of hydrogen-bond acceptors (Lipinski definition) is 8. The summed E-state index contributed by atoms with van der Waals surface area (Å²) in [5, 5.41) is 14.4. The summed E-state index contributed by atoms with van der Waals surface area (Å²) in [5.74, 6) is 1.82. The molecule has 0 atom stereocenters. The molecule has 0 aliphatic carbocycles. The van der Waals surface area contributed by atoms with E-state index >= 15 is 0 Å². The number of para-hydroxylation sites is 1. The Morgan fingerprint density at radius 3 is 2.62 bits per heavy atom. The second-order valence-electron chi connectivity index (χ2n) is 10.3. The third-order valence-corrected chi connectivity index (χ3v) is 7.12. The highest BCUT2D eigenvalue weighted by Crippen LogP contribution is 2.25. The molecule has 6 rings (SSSR count). The van der Waals surface area contributed by atoms with Crippen LogP contribution in [0.4, 0.5) is 0 Å². The molecule has 0 unspecified atom stereocenters. The molecule has 0 aliphatic heterocycles. The number of likely N-dealkylation sites (N-methyl/N-ethyl adjacent to an activating group) is 1. The fraction of sp³-hybridized carbons (Fsp3) is 0.219. The van der Waals surface area contributed by atoms with Gasteiger partial charge < -0.3 is 18.9 Å². The van der Waals surface area contributed by atoms with Gasteiger partial charge in [0.25, 0.3) is 5.56 Å². The van der Waals surface area contributed by atoms with E-state index in [0.29, 0.717) is 49.1 Å². The maximum absolute atomic E-state index is 13.8. The van der Waals surface area contributed by atoms with Crippen molar-refractivity contribution in [3.8, 4) is 22.9 Å². The van der Waals surface area contributed by atoms with Gasteiger partial charge in [0.05, 0.1) is 35.9 Å². The number of fused-ring (bicyclic) bond motifs is 2. The molecular formula is C32H31N7O3. The predicted octanol–water partition coefficient (Wildman–Crippen LogP) is 4.40. The highest BCUT2D eigenvalue weighted by Gasteiger charge is 2.18. The third-order valence-electron chi connectivity index (χ3n) is 7.12. The Bertz CT molecular complexity index is 1930. The first-order valence-electron chi connectivity index (χ1n) is 13.7. The Labute approximate surface area is 242 Å². The lowest BCUT2D eigenvalue weighted by molar-refractivity contribution is 0.301. The predicted molar refractivity (Wildman–Crippen MR) is 162 cm³/mol. The Kier molecular flexibility index (Phi) is 7.61. The Morgan fingerprint density at radius 1 is 0.881 bits per heavy atom. The lowest BCUT2D eigenvalue weighted by Crippen LogP contribution is -2.28. The number of hydrogen-bond donors (Lipinski definition) is 0. The largest absolute Gasteiger partial charge is 0.497 e. The Balaban J connectivity index is 1.27. The van der Waals surface area contributed by atoms with Gasteiger partial charge in [0.1, 0.15) is 18.1 Å². The van der Waals surface area contributed by atoms with Gasteiger partial charge in [-0.05, 0) is 78.6 Å². The number of pyridine rings is 2. The second kappa shape index (κ2) is 11.8. The molecule has 3 aromatic carbocycles. The van der Waals surface area contributed by atoms with E-state index in [4.69, 9.17) is 14.5 Å². The Hall–Kier alpha value is -5.09. The number of tetrazole rings is 1. The summed E-state index contributed by atoms with van der Waals surface area (Å²) >= 11 is 0. The van der Waals surface area contributed by atoms with Gasteiger partial charge >= 0.3 is 0 Å². The maximum atomic E-state index is 13.8. The summed E-state index contributed by atoms with van der Waals surface area (Å²) < 4.78 is 14.9. The summed E-state index contributed by atoms with van der Waals surface area (Å²) in [7, 11) is 5.59. The summed E-state index contributed by atoms with van der Waals surface area (Å²) in [4.78, 5) is 20.5. The van der Waals surface area contributed by atoms with Crippen molar-refractivity contribution in [1.29, 1.82) is 0 Å². The highest BCUT2D eigenvalue weighted by molar-refractivity contribution is 5.84. The van der Waals surface area contributed by atoms with Crippen LogP contribution in [-0.4, -0.2) is 62.4 Å². The zero-order valence-corrected chi connectivity index (χ0v) is 23.8. The summed E-state index contributed by atoms with van der Waals surface area (Å²) in [6.45, 7) is 1.94. The van der Waals surface area contributed by atoms with E-state index in [2.05, 4.69) is 15.5 Å². The summed E-state index contributed by atoms with van der Waals surface area (Å²) in [5.41, 5.74) is 3.82. The molecule has 0 amide bonds. The van der Waals surface area contributed by atoms with Crippen molar-refractivity contribution in [1.82, 2.24) is 34.7 Å². The Morgan fingerprint density at radius 2 is 1.76 bits per heavy atom. The van der Waals surface area contributed by atoms with E-state index in [1.165, 1.54) is 0 Å². The molecule has 0 radical (unpaired) electrons. The van der Waals surface area contributed by atoms with Crippen LogP contribution in [0.15, 0.2) is 89.7 Å². The molecular weight excluding hydrogens is 530 g/mol. The number of benzene rings is 3. The fourth-order valence-electron chi connectivity index (χ4n) is 4.93. The van der Waals surface area contributed by atoms with Gasteiger partial charge in [-0.25, -0.2) is 9.67 Å². The van der Waals surface area contributed by atoms with E-state index in [0.717, 1.165) is 33.1 Å². The van der Waals surface area contributed by atoms with E-state index in [9.17, 15) is 4.79 Å². The minimum absolute atomic E-state index is 0.148. The number of ether oxygens (including phenoxy) is 2. The lowest BCUT2D eigenvalue weighted by atomic mass is 10.1. The third kappa shape index (κ3) is 5.70. The molecule has 0 N–H and O–H groups in total. The monoisotopic (exact) mass is 561 g/mol. The van der Waals surface area contributed by atoms with Crippen molar-refractivity contribution < 1.29 is 9.47 Å². The van der Waals surface area contributed by atoms with E-state index in [-0.39, 0.29) is 5.56 Å². The zero-order chi connectivity index (χ0) is 29.1. The van der Waals surface area contributed by atoms with Gasteiger partial charge in [0.2, 0.25) is 0 Å². The van der Waals surface area contributed by atoms with Crippen molar-refractivity contribution in [2.75, 3.05) is 27.7 Å². The van der Waals surface area contributed by atoms with Gasteiger partial charge in [-0.3, -0.25) is 4.79 Å². The molecule has 42 heavy (non-hydrogen) atoms. The van der Waals surface area contributed by atoms with Crippen molar-refractivity contribution in [2.45, 2.75) is 19.7 Å². The molecule has 10 nitrogen and oxygen atoms in total. The first-order chi connectivity index (χ1) is 20.5. The molecule has 10 heteroatoms. The molecule has 3 heterocycles. The van der Waals surface area contributed by atoms with Crippen LogP contribution in [0.25, 0.3) is 33.2 Å². The van der Waals surface area contributed by atoms with Crippen LogP contribution >= 0.6 is 0 Å². The fourth-order valence-corrected chi connectivity index (χ4v) is 4.93. The van der Waals surface area contributed by atoms with Crippen LogP contribution in [0.2, 0.25) is 0 Å². The number of nitrogens with zero attached hydrogens (tertiary/aromatic N) is 7. The molecule has 212 valence electrons. The molecule has 0 bridgehead atoms. The first-order valence-corrected chi connectivity index (χ1v) is 13.7. The highest BCUT2D eigenvalue weighted by atomic mass is 16.5. The molecule has 0 spiro atoms. The van der Waals surface area contributed by atoms with Crippen LogP contribution in [0.3, 0.4) is 0 Å². The average molecular weight is 562 g/mol. The quantitative estimate of drug-likeness (QED) is 0.243. The van der Waals surface area contributed by atoms with Crippen LogP contribution in [0.1, 0.15) is 11.3 Å². The van der Waals surface area contributed by atoms with Crippen LogP contribution in [0, 0.1) is 0 Å². The topological polar surface area (TPSA) is 100 Å².